The van der Waals surface area contributed by atoms with E-state index in [0.717, 1.165) is 53.2 Å². The second kappa shape index (κ2) is 8.66. The van der Waals surface area contributed by atoms with Crippen LogP contribution in [0.15, 0.2) is 47.4 Å². The van der Waals surface area contributed by atoms with Crippen molar-refractivity contribution >= 4 is 11.8 Å². The van der Waals surface area contributed by atoms with E-state index in [0.29, 0.717) is 0 Å². The Labute approximate surface area is 166 Å². The molecule has 1 N–H and O–H groups in total. The molecule has 0 aliphatic carbocycles. The molecule has 0 saturated heterocycles. The molecule has 1 aliphatic rings. The van der Waals surface area contributed by atoms with Gasteiger partial charge in [0.1, 0.15) is 11.6 Å². The van der Waals surface area contributed by atoms with Gasteiger partial charge in [-0.1, -0.05) is 38.8 Å². The van der Waals surface area contributed by atoms with Crippen LogP contribution in [-0.2, 0) is 0 Å². The van der Waals surface area contributed by atoms with Crippen LogP contribution in [0.5, 0.6) is 5.75 Å². The van der Waals surface area contributed by atoms with E-state index in [2.05, 4.69) is 13.8 Å². The lowest BCUT2D eigenvalue weighted by atomic mass is 9.69. The monoisotopic (exact) mass is 388 g/mol. The molecule has 146 valence electrons. The van der Waals surface area contributed by atoms with Gasteiger partial charge in [0.2, 0.25) is 0 Å². The van der Waals surface area contributed by atoms with E-state index in [9.17, 15) is 9.50 Å². The number of aliphatic hydroxyl groups excluding tert-OH is 1. The predicted molar refractivity (Wildman–Crippen MR) is 110 cm³/mol. The molecule has 2 aromatic carbocycles. The lowest BCUT2D eigenvalue weighted by Crippen LogP contribution is -2.40. The number of hydrogen-bond donors (Lipinski definition) is 1. The first-order valence-corrected chi connectivity index (χ1v) is 10.8. The average Bonchev–Trinajstić information content (AvgIpc) is 2.81. The lowest BCUT2D eigenvalue weighted by Gasteiger charge is -2.39. The molecule has 0 bridgehead atoms. The Morgan fingerprint density at radius 1 is 1.22 bits per heavy atom. The van der Waals surface area contributed by atoms with Gasteiger partial charge in [-0.2, -0.15) is 0 Å². The first kappa shape index (κ1) is 20.2. The number of aliphatic hydroxyl groups is 1. The topological polar surface area (TPSA) is 29.5 Å². The maximum atomic E-state index is 14.2. The van der Waals surface area contributed by atoms with Crippen LogP contribution in [0, 0.1) is 11.2 Å². The fraction of sp³-hybridized carbons (Fsp3) is 0.478. The molecule has 1 heterocycles. The zero-order valence-electron chi connectivity index (χ0n) is 16.4. The molecule has 0 fully saturated rings. The van der Waals surface area contributed by atoms with Gasteiger partial charge >= 0.3 is 0 Å². The highest BCUT2D eigenvalue weighted by atomic mass is 32.2. The summed E-state index contributed by atoms with van der Waals surface area (Å²) in [6.07, 6.45) is 3.49. The van der Waals surface area contributed by atoms with Crippen LogP contribution in [0.4, 0.5) is 4.39 Å². The molecular weight excluding hydrogens is 359 g/mol. The van der Waals surface area contributed by atoms with Crippen LogP contribution in [0.2, 0.25) is 0 Å². The Morgan fingerprint density at radius 2 is 2.04 bits per heavy atom. The zero-order valence-corrected chi connectivity index (χ0v) is 17.2. The standard InChI is InChI=1S/C23H29FO2S/c1-4-6-12-23(5-2)15-27-20-11-10-17(24)14-19(20)21(22(23)25)16-8-7-9-18(13-16)26-3/h7-11,13-14,21-22,25H,4-6,12,15H2,1-3H3/t21-,22-,23-/m1/s1. The third kappa shape index (κ3) is 4.02. The first-order valence-electron chi connectivity index (χ1n) is 9.79. The van der Waals surface area contributed by atoms with E-state index >= 15 is 0 Å². The Kier molecular flexibility index (Phi) is 6.48. The van der Waals surface area contributed by atoms with Crippen LogP contribution in [0.1, 0.15) is 56.6 Å². The van der Waals surface area contributed by atoms with Crippen molar-refractivity contribution in [1.29, 1.82) is 0 Å². The van der Waals surface area contributed by atoms with Gasteiger partial charge in [0, 0.05) is 22.0 Å². The minimum atomic E-state index is -0.572. The molecule has 2 aromatic rings. The van der Waals surface area contributed by atoms with Gasteiger partial charge in [-0.3, -0.25) is 0 Å². The van der Waals surface area contributed by atoms with Gasteiger partial charge in [0.05, 0.1) is 13.2 Å². The highest BCUT2D eigenvalue weighted by Crippen LogP contribution is 2.51. The van der Waals surface area contributed by atoms with Crippen molar-refractivity contribution in [3.63, 3.8) is 0 Å². The number of hydrogen-bond acceptors (Lipinski definition) is 3. The van der Waals surface area contributed by atoms with Gasteiger partial charge in [-0.05, 0) is 54.3 Å². The molecular formula is C23H29FO2S. The minimum Gasteiger partial charge on any atom is -0.497 e. The summed E-state index contributed by atoms with van der Waals surface area (Å²) in [6, 6.07) is 12.8. The summed E-state index contributed by atoms with van der Waals surface area (Å²) in [5, 5.41) is 11.7. The van der Waals surface area contributed by atoms with Crippen molar-refractivity contribution in [2.24, 2.45) is 5.41 Å². The number of ether oxygens (including phenoxy) is 1. The SMILES string of the molecule is CCCC[C@]1(CC)CSc2ccc(F)cc2[C@@H](c2cccc(OC)c2)[C@H]1O. The van der Waals surface area contributed by atoms with Gasteiger partial charge in [0.25, 0.3) is 0 Å². The third-order valence-electron chi connectivity index (χ3n) is 5.95. The predicted octanol–water partition coefficient (Wildman–Crippen LogP) is 6.02. The van der Waals surface area contributed by atoms with Crippen molar-refractivity contribution in [1.82, 2.24) is 0 Å². The molecule has 27 heavy (non-hydrogen) atoms. The maximum absolute atomic E-state index is 14.2. The van der Waals surface area contributed by atoms with Crippen molar-refractivity contribution in [2.75, 3.05) is 12.9 Å². The van der Waals surface area contributed by atoms with Crippen molar-refractivity contribution in [3.8, 4) is 5.75 Å². The van der Waals surface area contributed by atoms with Crippen LogP contribution >= 0.6 is 11.8 Å². The fourth-order valence-electron chi connectivity index (χ4n) is 4.16. The molecule has 0 amide bonds. The molecule has 3 rings (SSSR count). The summed E-state index contributed by atoms with van der Waals surface area (Å²) in [7, 11) is 1.64. The Hall–Kier alpha value is -1.52. The van der Waals surface area contributed by atoms with E-state index in [1.165, 1.54) is 6.07 Å². The van der Waals surface area contributed by atoms with E-state index in [4.69, 9.17) is 4.74 Å². The van der Waals surface area contributed by atoms with Crippen LogP contribution < -0.4 is 4.74 Å². The van der Waals surface area contributed by atoms with Gasteiger partial charge in [0.15, 0.2) is 0 Å². The number of unbranched alkanes of at least 4 members (excludes halogenated alkanes) is 1. The van der Waals surface area contributed by atoms with Crippen molar-refractivity contribution < 1.29 is 14.2 Å². The molecule has 0 aromatic heterocycles. The van der Waals surface area contributed by atoms with Crippen molar-refractivity contribution in [3.05, 3.63) is 59.4 Å². The first-order chi connectivity index (χ1) is 13.0. The molecule has 2 nitrogen and oxygen atoms in total. The largest absolute Gasteiger partial charge is 0.497 e. The number of rotatable bonds is 6. The van der Waals surface area contributed by atoms with Gasteiger partial charge in [-0.15, -0.1) is 11.8 Å². The number of thioether (sulfide) groups is 1. The second-order valence-corrected chi connectivity index (χ2v) is 8.51. The van der Waals surface area contributed by atoms with E-state index in [-0.39, 0.29) is 17.2 Å². The summed E-state index contributed by atoms with van der Waals surface area (Å²) in [4.78, 5) is 1.06. The molecule has 1 aliphatic heterocycles. The quantitative estimate of drug-likeness (QED) is 0.656. The highest BCUT2D eigenvalue weighted by Gasteiger charge is 2.44. The average molecular weight is 389 g/mol. The summed E-state index contributed by atoms with van der Waals surface area (Å²) in [6.45, 7) is 4.35. The minimum absolute atomic E-state index is 0.191. The normalized spacial score (nSPS) is 24.9. The molecule has 0 saturated carbocycles. The maximum Gasteiger partial charge on any atom is 0.123 e. The van der Waals surface area contributed by atoms with Crippen LogP contribution in [0.25, 0.3) is 0 Å². The Morgan fingerprint density at radius 3 is 2.74 bits per heavy atom. The number of fused-ring (bicyclic) bond motifs is 1. The highest BCUT2D eigenvalue weighted by molar-refractivity contribution is 7.99. The van der Waals surface area contributed by atoms with Crippen LogP contribution in [-0.4, -0.2) is 24.1 Å². The molecule has 4 heteroatoms. The smallest absolute Gasteiger partial charge is 0.123 e. The van der Waals surface area contributed by atoms with E-state index in [1.807, 2.05) is 30.3 Å². The third-order valence-corrected chi connectivity index (χ3v) is 7.35. The van der Waals surface area contributed by atoms with E-state index in [1.54, 1.807) is 24.9 Å². The van der Waals surface area contributed by atoms with Crippen LogP contribution in [0.3, 0.4) is 0 Å². The van der Waals surface area contributed by atoms with Crippen molar-refractivity contribution in [2.45, 2.75) is 56.4 Å². The summed E-state index contributed by atoms with van der Waals surface area (Å²) < 4.78 is 19.6. The molecule has 3 atom stereocenters. The number of benzene rings is 2. The Bertz CT molecular complexity index is 779. The molecule has 0 radical (unpaired) electrons. The van der Waals surface area contributed by atoms with Gasteiger partial charge in [-0.25, -0.2) is 4.39 Å². The number of halogens is 1. The Balaban J connectivity index is 2.15. The van der Waals surface area contributed by atoms with Gasteiger partial charge < -0.3 is 9.84 Å². The summed E-state index contributed by atoms with van der Waals surface area (Å²) in [5.74, 6) is 1.08. The number of methoxy groups -OCH3 is 1. The summed E-state index contributed by atoms with van der Waals surface area (Å²) in [5.41, 5.74) is 1.67. The summed E-state index contributed by atoms with van der Waals surface area (Å²) >= 11 is 1.75. The zero-order chi connectivity index (χ0) is 19.4. The second-order valence-electron chi connectivity index (χ2n) is 7.49. The molecule has 0 spiro atoms. The van der Waals surface area contributed by atoms with E-state index < -0.39 is 6.10 Å². The molecule has 0 unspecified atom stereocenters. The fourth-order valence-corrected chi connectivity index (χ4v) is 5.64. The lowest BCUT2D eigenvalue weighted by molar-refractivity contribution is 0.0182.